The lowest BCUT2D eigenvalue weighted by molar-refractivity contribution is 0.0714. The van der Waals surface area contributed by atoms with Gasteiger partial charge < -0.3 is 18.8 Å². The monoisotopic (exact) mass is 579 g/mol. The van der Waals surface area contributed by atoms with Gasteiger partial charge in [0.15, 0.2) is 16.9 Å². The molecule has 1 amide bonds. The van der Waals surface area contributed by atoms with Crippen LogP contribution in [0.4, 0.5) is 0 Å². The van der Waals surface area contributed by atoms with Gasteiger partial charge in [0, 0.05) is 11.6 Å². The summed E-state index contributed by atoms with van der Waals surface area (Å²) < 4.78 is 18.3. The van der Waals surface area contributed by atoms with E-state index in [0.29, 0.717) is 52.8 Å². The fraction of sp³-hybridized carbons (Fsp3) is 0.200. The molecule has 7 heteroatoms. The van der Waals surface area contributed by atoms with E-state index in [1.54, 1.807) is 17.0 Å². The number of hydrogen-bond acceptors (Lipinski definition) is 5. The van der Waals surface area contributed by atoms with E-state index in [0.717, 1.165) is 27.8 Å². The molecule has 1 unspecified atom stereocenters. The summed E-state index contributed by atoms with van der Waals surface area (Å²) in [5.74, 6) is 0.816. The maximum absolute atomic E-state index is 14.0. The predicted octanol–water partition coefficient (Wildman–Crippen LogP) is 7.79. The van der Waals surface area contributed by atoms with Crippen molar-refractivity contribution in [2.45, 2.75) is 40.0 Å². The molecule has 5 aromatic rings. The third-order valence-electron chi connectivity index (χ3n) is 7.54. The van der Waals surface area contributed by atoms with E-state index < -0.39 is 6.04 Å². The maximum atomic E-state index is 14.0. The Bertz CT molecular complexity index is 1850. The predicted molar refractivity (Wildman–Crippen MR) is 164 cm³/mol. The first kappa shape index (κ1) is 27.6. The molecule has 4 aromatic carbocycles. The molecule has 0 aliphatic carbocycles. The summed E-state index contributed by atoms with van der Waals surface area (Å²) in [4.78, 5) is 29.7. The topological polar surface area (TPSA) is 69.0 Å². The van der Waals surface area contributed by atoms with Gasteiger partial charge in [0.1, 0.15) is 12.2 Å². The molecule has 1 aliphatic rings. The van der Waals surface area contributed by atoms with Crippen molar-refractivity contribution >= 4 is 28.5 Å². The summed E-state index contributed by atoms with van der Waals surface area (Å²) in [6, 6.07) is 26.1. The van der Waals surface area contributed by atoms with Crippen molar-refractivity contribution in [1.29, 1.82) is 0 Å². The molecular formula is C35H30ClNO5. The zero-order chi connectivity index (χ0) is 29.4. The van der Waals surface area contributed by atoms with Gasteiger partial charge in [0.05, 0.1) is 23.6 Å². The van der Waals surface area contributed by atoms with Crippen molar-refractivity contribution in [2.24, 2.45) is 0 Å². The Morgan fingerprint density at radius 3 is 2.36 bits per heavy atom. The summed E-state index contributed by atoms with van der Waals surface area (Å²) in [5, 5.41) is 0.804. The molecule has 0 fully saturated rings. The Balaban J connectivity index is 1.47. The summed E-state index contributed by atoms with van der Waals surface area (Å²) in [6.07, 6.45) is 0. The molecule has 42 heavy (non-hydrogen) atoms. The Hall–Kier alpha value is -4.55. The third kappa shape index (κ3) is 5.14. The minimum Gasteiger partial charge on any atom is -0.490 e. The van der Waals surface area contributed by atoms with Crippen LogP contribution in [0.2, 0.25) is 5.02 Å². The number of aryl methyl sites for hydroxylation is 2. The normalized spacial score (nSPS) is 14.3. The van der Waals surface area contributed by atoms with Crippen molar-refractivity contribution in [3.8, 4) is 11.5 Å². The minimum atomic E-state index is -0.697. The van der Waals surface area contributed by atoms with E-state index in [4.69, 9.17) is 25.5 Å². The number of carbonyl (C=O) groups is 1. The standard InChI is InChI=1S/C35H30ClNO5/c1-4-40-30-17-25(14-15-28(30)41-20-24-8-6-5-7-9-24)32-31-33(38)26-18-27(36)22(3)16-29(26)42-34(31)35(39)37(32)19-23-12-10-21(2)11-13-23/h5-18,32H,4,19-20H2,1-3H3. The number of halogens is 1. The Morgan fingerprint density at radius 2 is 1.62 bits per heavy atom. The van der Waals surface area contributed by atoms with Gasteiger partial charge in [-0.15, -0.1) is 0 Å². The number of fused-ring (bicyclic) bond motifs is 2. The second-order valence-electron chi connectivity index (χ2n) is 10.5. The average molecular weight is 580 g/mol. The second-order valence-corrected chi connectivity index (χ2v) is 10.9. The second kappa shape index (κ2) is 11.4. The van der Waals surface area contributed by atoms with E-state index in [-0.39, 0.29) is 17.1 Å². The largest absolute Gasteiger partial charge is 0.490 e. The Labute approximate surface area is 249 Å². The van der Waals surface area contributed by atoms with Gasteiger partial charge in [-0.25, -0.2) is 0 Å². The van der Waals surface area contributed by atoms with Crippen LogP contribution in [0, 0.1) is 13.8 Å². The van der Waals surface area contributed by atoms with Crippen LogP contribution < -0.4 is 14.9 Å². The number of hydrogen-bond donors (Lipinski definition) is 0. The van der Waals surface area contributed by atoms with Crippen molar-refractivity contribution in [3.05, 3.63) is 139 Å². The van der Waals surface area contributed by atoms with Crippen LogP contribution in [-0.4, -0.2) is 17.4 Å². The molecule has 0 N–H and O–H groups in total. The number of nitrogens with zero attached hydrogens (tertiary/aromatic N) is 1. The maximum Gasteiger partial charge on any atom is 0.291 e. The number of ether oxygens (including phenoxy) is 2. The zero-order valence-electron chi connectivity index (χ0n) is 23.6. The molecule has 2 heterocycles. The van der Waals surface area contributed by atoms with Gasteiger partial charge in [-0.3, -0.25) is 9.59 Å². The highest BCUT2D eigenvalue weighted by Crippen LogP contribution is 2.42. The van der Waals surface area contributed by atoms with Crippen LogP contribution in [0.1, 0.15) is 56.9 Å². The average Bonchev–Trinajstić information content (AvgIpc) is 3.26. The van der Waals surface area contributed by atoms with Gasteiger partial charge in [0.25, 0.3) is 5.91 Å². The van der Waals surface area contributed by atoms with Crippen molar-refractivity contribution in [2.75, 3.05) is 6.61 Å². The number of benzene rings is 4. The van der Waals surface area contributed by atoms with Crippen LogP contribution in [0.25, 0.3) is 11.0 Å². The van der Waals surface area contributed by atoms with E-state index in [1.165, 1.54) is 0 Å². The molecule has 1 aromatic heterocycles. The fourth-order valence-electron chi connectivity index (χ4n) is 5.36. The number of rotatable bonds is 8. The van der Waals surface area contributed by atoms with Crippen molar-refractivity contribution in [1.82, 2.24) is 4.90 Å². The first-order valence-corrected chi connectivity index (χ1v) is 14.3. The zero-order valence-corrected chi connectivity index (χ0v) is 24.4. The Kier molecular flexibility index (Phi) is 7.48. The molecule has 0 spiro atoms. The van der Waals surface area contributed by atoms with Gasteiger partial charge in [-0.05, 0) is 67.3 Å². The van der Waals surface area contributed by atoms with E-state index >= 15 is 0 Å². The molecule has 212 valence electrons. The van der Waals surface area contributed by atoms with Crippen molar-refractivity contribution < 1.29 is 18.7 Å². The summed E-state index contributed by atoms with van der Waals surface area (Å²) >= 11 is 6.40. The Morgan fingerprint density at radius 1 is 0.857 bits per heavy atom. The summed E-state index contributed by atoms with van der Waals surface area (Å²) in [7, 11) is 0. The van der Waals surface area contributed by atoms with Crippen LogP contribution in [0.3, 0.4) is 0 Å². The van der Waals surface area contributed by atoms with Gasteiger partial charge in [-0.2, -0.15) is 0 Å². The molecular weight excluding hydrogens is 550 g/mol. The molecule has 6 nitrogen and oxygen atoms in total. The molecule has 6 rings (SSSR count). The third-order valence-corrected chi connectivity index (χ3v) is 7.95. The van der Waals surface area contributed by atoms with Crippen LogP contribution in [0.5, 0.6) is 11.5 Å². The molecule has 0 saturated heterocycles. The van der Waals surface area contributed by atoms with E-state index in [1.807, 2.05) is 93.6 Å². The van der Waals surface area contributed by atoms with Crippen LogP contribution in [-0.2, 0) is 13.2 Å². The fourth-order valence-corrected chi connectivity index (χ4v) is 5.52. The molecule has 0 saturated carbocycles. The molecule has 0 bridgehead atoms. The lowest BCUT2D eigenvalue weighted by atomic mass is 9.97. The quantitative estimate of drug-likeness (QED) is 0.188. The van der Waals surface area contributed by atoms with Crippen molar-refractivity contribution in [3.63, 3.8) is 0 Å². The number of carbonyl (C=O) groups excluding carboxylic acids is 1. The van der Waals surface area contributed by atoms with Crippen LogP contribution >= 0.6 is 11.6 Å². The first-order chi connectivity index (χ1) is 20.3. The smallest absolute Gasteiger partial charge is 0.291 e. The first-order valence-electron chi connectivity index (χ1n) is 13.9. The van der Waals surface area contributed by atoms with Crippen LogP contribution in [0.15, 0.2) is 94.1 Å². The lowest BCUT2D eigenvalue weighted by Crippen LogP contribution is -2.29. The highest BCUT2D eigenvalue weighted by molar-refractivity contribution is 6.32. The molecule has 1 aliphatic heterocycles. The number of amides is 1. The minimum absolute atomic E-state index is 0.0497. The summed E-state index contributed by atoms with van der Waals surface area (Å²) in [6.45, 7) is 6.84. The SMILES string of the molecule is CCOc1cc(C2c3c(oc4cc(C)c(Cl)cc4c3=O)C(=O)N2Cc2ccc(C)cc2)ccc1OCc1ccccc1. The highest BCUT2D eigenvalue weighted by atomic mass is 35.5. The van der Waals surface area contributed by atoms with Gasteiger partial charge in [-0.1, -0.05) is 77.8 Å². The van der Waals surface area contributed by atoms with Gasteiger partial charge in [0.2, 0.25) is 5.76 Å². The summed E-state index contributed by atoms with van der Waals surface area (Å²) in [5.41, 5.74) is 4.92. The molecule has 1 atom stereocenters. The van der Waals surface area contributed by atoms with Gasteiger partial charge >= 0.3 is 0 Å². The van der Waals surface area contributed by atoms with E-state index in [2.05, 4.69) is 0 Å². The highest BCUT2D eigenvalue weighted by Gasteiger charge is 2.43. The lowest BCUT2D eigenvalue weighted by Gasteiger charge is -2.26. The molecule has 0 radical (unpaired) electrons. The van der Waals surface area contributed by atoms with E-state index in [9.17, 15) is 9.59 Å².